The van der Waals surface area contributed by atoms with Crippen LogP contribution in [0.2, 0.25) is 10.0 Å². The number of aliphatic imine (C=N–C) groups is 1. The minimum atomic E-state index is -0.105. The number of hydrogen-bond acceptors (Lipinski definition) is 3. The summed E-state index contributed by atoms with van der Waals surface area (Å²) in [5.41, 5.74) is 1.04. The van der Waals surface area contributed by atoms with Crippen LogP contribution in [0.1, 0.15) is 25.8 Å². The van der Waals surface area contributed by atoms with Gasteiger partial charge in [0.15, 0.2) is 5.96 Å². The van der Waals surface area contributed by atoms with Crippen molar-refractivity contribution in [1.82, 2.24) is 10.2 Å². The topological polar surface area (TPSA) is 46.1 Å². The number of halogens is 3. The van der Waals surface area contributed by atoms with Gasteiger partial charge in [-0.15, -0.1) is 24.0 Å². The standard InChI is InChI=1S/C20H31Cl2N3O2.HI/c1-20(2,16-5-6-17(21)18(22)11-16)14-24-19(23-3)25-8-7-15(12-25)13-27-10-9-26-4;/h5-6,11,15H,7-10,12-14H2,1-4H3,(H,23,24);1H. The average molecular weight is 544 g/mol. The monoisotopic (exact) mass is 543 g/mol. The number of rotatable bonds is 8. The molecule has 0 aliphatic carbocycles. The van der Waals surface area contributed by atoms with E-state index in [0.717, 1.165) is 44.2 Å². The SMILES string of the molecule is CN=C(NCC(C)(C)c1ccc(Cl)c(Cl)c1)N1CCC(COCCOC)C1.I. The van der Waals surface area contributed by atoms with Gasteiger partial charge in [-0.2, -0.15) is 0 Å². The maximum Gasteiger partial charge on any atom is 0.193 e. The molecule has 1 N–H and O–H groups in total. The van der Waals surface area contributed by atoms with Crippen LogP contribution in [0, 0.1) is 5.92 Å². The highest BCUT2D eigenvalue weighted by Gasteiger charge is 2.27. The number of nitrogens with one attached hydrogen (secondary N) is 1. The molecule has 0 spiro atoms. The van der Waals surface area contributed by atoms with Gasteiger partial charge in [-0.1, -0.05) is 43.1 Å². The Morgan fingerprint density at radius 3 is 2.68 bits per heavy atom. The van der Waals surface area contributed by atoms with E-state index in [4.69, 9.17) is 32.7 Å². The first-order chi connectivity index (χ1) is 12.9. The zero-order valence-corrected chi connectivity index (χ0v) is 21.0. The number of nitrogens with zero attached hydrogens (tertiary/aromatic N) is 2. The van der Waals surface area contributed by atoms with Gasteiger partial charge < -0.3 is 19.7 Å². The second-order valence-electron chi connectivity index (χ2n) is 7.58. The molecule has 1 aromatic carbocycles. The summed E-state index contributed by atoms with van der Waals surface area (Å²) >= 11 is 12.2. The minimum Gasteiger partial charge on any atom is -0.382 e. The fraction of sp³-hybridized carbons (Fsp3) is 0.650. The van der Waals surface area contributed by atoms with E-state index in [9.17, 15) is 0 Å². The van der Waals surface area contributed by atoms with Crippen molar-refractivity contribution in [3.63, 3.8) is 0 Å². The van der Waals surface area contributed by atoms with Crippen LogP contribution in [-0.2, 0) is 14.9 Å². The molecular weight excluding hydrogens is 512 g/mol. The van der Waals surface area contributed by atoms with E-state index in [1.807, 2.05) is 25.2 Å². The van der Waals surface area contributed by atoms with Crippen LogP contribution < -0.4 is 5.32 Å². The van der Waals surface area contributed by atoms with Gasteiger partial charge >= 0.3 is 0 Å². The second kappa shape index (κ2) is 12.4. The van der Waals surface area contributed by atoms with Gasteiger partial charge in [0, 0.05) is 45.1 Å². The number of guanidine groups is 1. The van der Waals surface area contributed by atoms with Crippen molar-refractivity contribution >= 4 is 53.1 Å². The summed E-state index contributed by atoms with van der Waals surface area (Å²) in [4.78, 5) is 6.77. The third-order valence-corrected chi connectivity index (χ3v) is 5.71. The van der Waals surface area contributed by atoms with Gasteiger partial charge in [-0.05, 0) is 24.1 Å². The molecular formula is C20H32Cl2IN3O2. The van der Waals surface area contributed by atoms with Crippen LogP contribution in [0.5, 0.6) is 0 Å². The molecule has 5 nitrogen and oxygen atoms in total. The molecule has 1 saturated heterocycles. The fourth-order valence-electron chi connectivity index (χ4n) is 3.20. The summed E-state index contributed by atoms with van der Waals surface area (Å²) in [6.45, 7) is 9.13. The smallest absolute Gasteiger partial charge is 0.193 e. The van der Waals surface area contributed by atoms with Gasteiger partial charge in [0.2, 0.25) is 0 Å². The quantitative estimate of drug-likeness (QED) is 0.228. The molecule has 8 heteroatoms. The van der Waals surface area contributed by atoms with Crippen molar-refractivity contribution in [1.29, 1.82) is 0 Å². The second-order valence-corrected chi connectivity index (χ2v) is 8.40. The largest absolute Gasteiger partial charge is 0.382 e. The zero-order chi connectivity index (χ0) is 19.9. The lowest BCUT2D eigenvalue weighted by atomic mass is 9.84. The summed E-state index contributed by atoms with van der Waals surface area (Å²) in [6.07, 6.45) is 1.11. The van der Waals surface area contributed by atoms with E-state index < -0.39 is 0 Å². The first kappa shape index (κ1) is 25.8. The first-order valence-electron chi connectivity index (χ1n) is 9.35. The van der Waals surface area contributed by atoms with Crippen molar-refractivity contribution in [3.05, 3.63) is 33.8 Å². The number of benzene rings is 1. The molecule has 0 saturated carbocycles. The van der Waals surface area contributed by atoms with E-state index in [1.165, 1.54) is 0 Å². The maximum atomic E-state index is 6.19. The molecule has 0 bridgehead atoms. The Bertz CT molecular complexity index is 644. The Morgan fingerprint density at radius 2 is 2.04 bits per heavy atom. The Kier molecular flexibility index (Phi) is 11.4. The van der Waals surface area contributed by atoms with Crippen LogP contribution in [0.3, 0.4) is 0 Å². The molecule has 160 valence electrons. The Morgan fingerprint density at radius 1 is 1.29 bits per heavy atom. The van der Waals surface area contributed by atoms with Crippen molar-refractivity contribution in [2.24, 2.45) is 10.9 Å². The predicted octanol–water partition coefficient (Wildman–Crippen LogP) is 4.45. The van der Waals surface area contributed by atoms with Crippen molar-refractivity contribution in [2.45, 2.75) is 25.7 Å². The van der Waals surface area contributed by atoms with E-state index >= 15 is 0 Å². The number of methoxy groups -OCH3 is 1. The normalized spacial score (nSPS) is 17.6. The molecule has 1 aromatic rings. The van der Waals surface area contributed by atoms with Gasteiger partial charge in [-0.25, -0.2) is 0 Å². The lowest BCUT2D eigenvalue weighted by molar-refractivity contribution is 0.0536. The summed E-state index contributed by atoms with van der Waals surface area (Å²) in [7, 11) is 3.52. The van der Waals surface area contributed by atoms with Crippen molar-refractivity contribution < 1.29 is 9.47 Å². The Balaban J connectivity index is 0.00000392. The highest BCUT2D eigenvalue weighted by atomic mass is 127. The number of likely N-dealkylation sites (tertiary alicyclic amines) is 1. The summed E-state index contributed by atoms with van der Waals surface area (Å²) in [5.74, 6) is 1.46. The minimum absolute atomic E-state index is 0. The van der Waals surface area contributed by atoms with Crippen LogP contribution in [0.15, 0.2) is 23.2 Å². The van der Waals surface area contributed by atoms with Crippen LogP contribution in [0.4, 0.5) is 0 Å². The van der Waals surface area contributed by atoms with Gasteiger partial charge in [0.25, 0.3) is 0 Å². The van der Waals surface area contributed by atoms with Crippen LogP contribution >= 0.6 is 47.2 Å². The molecule has 0 amide bonds. The molecule has 1 unspecified atom stereocenters. The highest BCUT2D eigenvalue weighted by molar-refractivity contribution is 14.0. The lowest BCUT2D eigenvalue weighted by Crippen LogP contribution is -2.45. The van der Waals surface area contributed by atoms with E-state index in [1.54, 1.807) is 7.11 Å². The average Bonchev–Trinajstić information content (AvgIpc) is 3.10. The van der Waals surface area contributed by atoms with Crippen LogP contribution in [-0.4, -0.2) is 64.5 Å². The van der Waals surface area contributed by atoms with E-state index in [0.29, 0.717) is 29.2 Å². The molecule has 1 fully saturated rings. The van der Waals surface area contributed by atoms with Gasteiger partial charge in [0.05, 0.1) is 29.9 Å². The van der Waals surface area contributed by atoms with Gasteiger partial charge in [-0.3, -0.25) is 4.99 Å². The fourth-order valence-corrected chi connectivity index (χ4v) is 3.50. The third kappa shape index (κ3) is 7.52. The molecule has 28 heavy (non-hydrogen) atoms. The molecule has 1 heterocycles. The molecule has 0 aromatic heterocycles. The highest BCUT2D eigenvalue weighted by Crippen LogP contribution is 2.29. The van der Waals surface area contributed by atoms with Gasteiger partial charge in [0.1, 0.15) is 0 Å². The van der Waals surface area contributed by atoms with Crippen molar-refractivity contribution in [3.8, 4) is 0 Å². The summed E-state index contributed by atoms with van der Waals surface area (Å²) in [6, 6.07) is 5.82. The number of ether oxygens (including phenoxy) is 2. The predicted molar refractivity (Wildman–Crippen MR) is 129 cm³/mol. The number of hydrogen-bond donors (Lipinski definition) is 1. The summed E-state index contributed by atoms with van der Waals surface area (Å²) in [5, 5.41) is 4.69. The first-order valence-corrected chi connectivity index (χ1v) is 10.1. The maximum absolute atomic E-state index is 6.19. The molecule has 1 aliphatic rings. The molecule has 1 atom stereocenters. The molecule has 0 radical (unpaired) electrons. The molecule has 1 aliphatic heterocycles. The van der Waals surface area contributed by atoms with Crippen LogP contribution in [0.25, 0.3) is 0 Å². The van der Waals surface area contributed by atoms with E-state index in [-0.39, 0.29) is 29.4 Å². The van der Waals surface area contributed by atoms with Crippen molar-refractivity contribution in [2.75, 3.05) is 53.6 Å². The Hall–Kier alpha value is -0.280. The van der Waals surface area contributed by atoms with E-state index in [2.05, 4.69) is 29.1 Å². The zero-order valence-electron chi connectivity index (χ0n) is 17.1. The lowest BCUT2D eigenvalue weighted by Gasteiger charge is -2.29. The summed E-state index contributed by atoms with van der Waals surface area (Å²) < 4.78 is 10.7. The Labute approximate surface area is 196 Å². The molecule has 2 rings (SSSR count). The third-order valence-electron chi connectivity index (χ3n) is 4.97.